The maximum absolute atomic E-state index is 11.1. The van der Waals surface area contributed by atoms with Gasteiger partial charge in [-0.2, -0.15) is 0 Å². The van der Waals surface area contributed by atoms with Crippen LogP contribution in [0, 0.1) is 6.92 Å². The number of phenols is 1. The Bertz CT molecular complexity index is 1210. The van der Waals surface area contributed by atoms with Crippen LogP contribution in [0.5, 0.6) is 23.0 Å². The van der Waals surface area contributed by atoms with Crippen LogP contribution in [0.3, 0.4) is 0 Å². The van der Waals surface area contributed by atoms with Crippen molar-refractivity contribution in [2.45, 2.75) is 13.8 Å². The summed E-state index contributed by atoms with van der Waals surface area (Å²) in [5, 5.41) is 26.4. The number of para-hydroxylation sites is 2. The molecule has 1 aliphatic carbocycles. The van der Waals surface area contributed by atoms with E-state index in [9.17, 15) is 24.3 Å². The van der Waals surface area contributed by atoms with Gasteiger partial charge < -0.3 is 34.3 Å². The fraction of sp³-hybridized carbons (Fsp3) is 0.231. The number of ether oxygens (including phenoxy) is 4. The first-order valence-electron chi connectivity index (χ1n) is 10.6. The Morgan fingerprint density at radius 2 is 1.43 bits per heavy atom. The summed E-state index contributed by atoms with van der Waals surface area (Å²) in [6, 6.07) is 9.57. The second-order valence-electron chi connectivity index (χ2n) is 7.25. The van der Waals surface area contributed by atoms with Gasteiger partial charge in [-0.25, -0.2) is 9.59 Å². The van der Waals surface area contributed by atoms with E-state index in [1.54, 1.807) is 38.1 Å². The number of methoxy groups -OCH3 is 3. The van der Waals surface area contributed by atoms with Crippen LogP contribution in [-0.4, -0.2) is 66.8 Å². The van der Waals surface area contributed by atoms with E-state index in [4.69, 9.17) is 29.2 Å². The molecule has 3 N–H and O–H groups in total. The SMILES string of the molecule is COC1=CC(=O)C=C(C)C1=O.COc1cc(C(=O)O)cc(C)c1O.COc1ccccc1OCC(=O)O. The average Bonchev–Trinajstić information content (AvgIpc) is 2.87. The molecule has 0 aliphatic heterocycles. The quantitative estimate of drug-likeness (QED) is 0.463. The molecule has 2 aromatic rings. The summed E-state index contributed by atoms with van der Waals surface area (Å²) in [5.41, 5.74) is 1.01. The van der Waals surface area contributed by atoms with Gasteiger partial charge in [0.2, 0.25) is 5.78 Å². The van der Waals surface area contributed by atoms with E-state index in [1.165, 1.54) is 45.6 Å². The van der Waals surface area contributed by atoms with Crippen LogP contribution in [0.2, 0.25) is 0 Å². The number of aromatic carboxylic acids is 1. The largest absolute Gasteiger partial charge is 0.504 e. The fourth-order valence-corrected chi connectivity index (χ4v) is 2.77. The Morgan fingerprint density at radius 1 is 0.838 bits per heavy atom. The maximum Gasteiger partial charge on any atom is 0.341 e. The van der Waals surface area contributed by atoms with Crippen molar-refractivity contribution in [3.05, 3.63) is 71.0 Å². The Labute approximate surface area is 213 Å². The highest BCUT2D eigenvalue weighted by Crippen LogP contribution is 2.30. The topological polar surface area (TPSA) is 166 Å². The van der Waals surface area contributed by atoms with Crippen LogP contribution in [0.4, 0.5) is 0 Å². The first-order valence-corrected chi connectivity index (χ1v) is 10.6. The Balaban J connectivity index is 0.000000279. The monoisotopic (exact) mass is 516 g/mol. The van der Waals surface area contributed by atoms with Crippen molar-refractivity contribution in [3.63, 3.8) is 0 Å². The number of carboxylic acid groups (broad SMARTS) is 2. The van der Waals surface area contributed by atoms with Crippen molar-refractivity contribution in [2.75, 3.05) is 27.9 Å². The molecule has 0 saturated heterocycles. The number of rotatable bonds is 7. The van der Waals surface area contributed by atoms with Crippen LogP contribution < -0.4 is 14.2 Å². The Hall–Kier alpha value is -4.80. The van der Waals surface area contributed by atoms with Crippen molar-refractivity contribution in [3.8, 4) is 23.0 Å². The zero-order valence-corrected chi connectivity index (χ0v) is 20.9. The van der Waals surface area contributed by atoms with Gasteiger partial charge in [-0.15, -0.1) is 0 Å². The van der Waals surface area contributed by atoms with Gasteiger partial charge in [0.15, 0.2) is 41.1 Å². The molecule has 0 radical (unpaired) electrons. The number of carbonyl (C=O) groups excluding carboxylic acids is 2. The number of aryl methyl sites for hydroxylation is 1. The number of benzene rings is 2. The van der Waals surface area contributed by atoms with Crippen molar-refractivity contribution in [2.24, 2.45) is 0 Å². The summed E-state index contributed by atoms with van der Waals surface area (Å²) < 4.78 is 19.4. The predicted octanol–water partition coefficient (Wildman–Crippen LogP) is 3.18. The van der Waals surface area contributed by atoms with Crippen molar-refractivity contribution in [1.82, 2.24) is 0 Å². The van der Waals surface area contributed by atoms with Gasteiger partial charge in [0.1, 0.15) is 0 Å². The fourth-order valence-electron chi connectivity index (χ4n) is 2.77. The maximum atomic E-state index is 11.1. The van der Waals surface area contributed by atoms with E-state index >= 15 is 0 Å². The second kappa shape index (κ2) is 14.6. The summed E-state index contributed by atoms with van der Waals surface area (Å²) in [5.74, 6) is -1.21. The number of ketones is 2. The third kappa shape index (κ3) is 9.40. The van der Waals surface area contributed by atoms with Gasteiger partial charge in [-0.3, -0.25) is 9.59 Å². The lowest BCUT2D eigenvalue weighted by Gasteiger charge is -2.07. The molecule has 0 saturated carbocycles. The standard InChI is InChI=1S/2C9H10O4.C8H8O3/c1-5-3-6(9(11)12)4-7(13-2)8(5)10;1-12-7-4-2-3-5-8(7)13-6-9(10)11;1-5-3-6(9)4-7(11-2)8(5)10/h3-4,10H,1-2H3,(H,11,12);2-5H,6H2,1H3,(H,10,11);3-4H,1-2H3. The molecule has 3 rings (SSSR count). The highest BCUT2D eigenvalue weighted by atomic mass is 16.5. The molecule has 11 nitrogen and oxygen atoms in total. The van der Waals surface area contributed by atoms with Gasteiger partial charge in [-0.1, -0.05) is 12.1 Å². The summed E-state index contributed by atoms with van der Waals surface area (Å²) in [6.07, 6.45) is 2.49. The van der Waals surface area contributed by atoms with Crippen LogP contribution in [-0.2, 0) is 19.1 Å². The minimum Gasteiger partial charge on any atom is -0.504 e. The van der Waals surface area contributed by atoms with E-state index in [1.807, 2.05) is 0 Å². The molecule has 1 aliphatic rings. The van der Waals surface area contributed by atoms with Crippen LogP contribution in [0.15, 0.2) is 59.9 Å². The van der Waals surface area contributed by atoms with E-state index in [0.29, 0.717) is 22.6 Å². The number of phenolic OH excluding ortho intramolecular Hbond substituents is 1. The molecule has 11 heteroatoms. The summed E-state index contributed by atoms with van der Waals surface area (Å²) in [7, 11) is 4.25. The normalized spacial score (nSPS) is 11.9. The zero-order valence-electron chi connectivity index (χ0n) is 20.9. The molecular weight excluding hydrogens is 488 g/mol. The number of aliphatic carboxylic acids is 1. The first-order chi connectivity index (χ1) is 17.4. The summed E-state index contributed by atoms with van der Waals surface area (Å²) >= 11 is 0. The molecule has 0 bridgehead atoms. The van der Waals surface area contributed by atoms with Gasteiger partial charge in [0.05, 0.1) is 26.9 Å². The summed E-state index contributed by atoms with van der Waals surface area (Å²) in [4.78, 5) is 42.7. The lowest BCUT2D eigenvalue weighted by Crippen LogP contribution is -2.13. The number of carboxylic acids is 2. The van der Waals surface area contributed by atoms with Crippen LogP contribution >= 0.6 is 0 Å². The molecule has 0 fully saturated rings. The van der Waals surface area contributed by atoms with Gasteiger partial charge in [0, 0.05) is 11.6 Å². The Kier molecular flexibility index (Phi) is 11.9. The van der Waals surface area contributed by atoms with E-state index in [-0.39, 0.29) is 41.0 Å². The highest BCUT2D eigenvalue weighted by molar-refractivity contribution is 6.18. The Morgan fingerprint density at radius 3 is 1.95 bits per heavy atom. The van der Waals surface area contributed by atoms with E-state index < -0.39 is 11.9 Å². The molecule has 198 valence electrons. The number of aromatic hydroxyl groups is 1. The number of carbonyl (C=O) groups is 4. The molecule has 0 unspecified atom stereocenters. The third-order valence-electron chi connectivity index (χ3n) is 4.59. The zero-order chi connectivity index (χ0) is 28.1. The van der Waals surface area contributed by atoms with Crippen molar-refractivity contribution in [1.29, 1.82) is 0 Å². The highest BCUT2D eigenvalue weighted by Gasteiger charge is 2.18. The molecular formula is C26H28O11. The van der Waals surface area contributed by atoms with Gasteiger partial charge in [0.25, 0.3) is 0 Å². The number of hydrogen-bond acceptors (Lipinski definition) is 9. The average molecular weight is 516 g/mol. The number of hydrogen-bond donors (Lipinski definition) is 3. The molecule has 37 heavy (non-hydrogen) atoms. The third-order valence-corrected chi connectivity index (χ3v) is 4.59. The molecule has 0 aromatic heterocycles. The lowest BCUT2D eigenvalue weighted by atomic mass is 10.0. The second-order valence-corrected chi connectivity index (χ2v) is 7.25. The first kappa shape index (κ1) is 30.2. The van der Waals surface area contributed by atoms with Crippen LogP contribution in [0.1, 0.15) is 22.8 Å². The molecule has 2 aromatic carbocycles. The van der Waals surface area contributed by atoms with E-state index in [2.05, 4.69) is 0 Å². The predicted molar refractivity (Wildman–Crippen MR) is 131 cm³/mol. The molecule has 0 amide bonds. The van der Waals surface area contributed by atoms with Gasteiger partial charge >= 0.3 is 11.9 Å². The molecule has 0 heterocycles. The van der Waals surface area contributed by atoms with Crippen molar-refractivity contribution >= 4 is 23.5 Å². The van der Waals surface area contributed by atoms with E-state index in [0.717, 1.165) is 0 Å². The minimum absolute atomic E-state index is 0.0208. The van der Waals surface area contributed by atoms with Crippen LogP contribution in [0.25, 0.3) is 0 Å². The number of Topliss-reactive ketones (excluding diaryl/α,β-unsaturated/α-hetero) is 1. The molecule has 0 atom stereocenters. The van der Waals surface area contributed by atoms with Gasteiger partial charge in [-0.05, 0) is 49.8 Å². The minimum atomic E-state index is -1.04. The smallest absolute Gasteiger partial charge is 0.341 e. The lowest BCUT2D eigenvalue weighted by molar-refractivity contribution is -0.139. The van der Waals surface area contributed by atoms with Crippen molar-refractivity contribution < 1.29 is 53.4 Å². The molecule has 0 spiro atoms. The summed E-state index contributed by atoms with van der Waals surface area (Å²) in [6.45, 7) is 2.84. The number of allylic oxidation sites excluding steroid dienone is 3.